The minimum absolute atomic E-state index is 0.0571. The molecule has 28 heavy (non-hydrogen) atoms. The molecule has 8 nitrogen and oxygen atoms in total. The zero-order valence-electron chi connectivity index (χ0n) is 15.4. The van der Waals surface area contributed by atoms with E-state index in [1.165, 1.54) is 0 Å². The number of nitrogens with two attached hydrogens (primary N) is 1. The number of aryl methyl sites for hydroxylation is 1. The molecule has 0 aromatic carbocycles. The van der Waals surface area contributed by atoms with E-state index in [0.717, 1.165) is 27.7 Å². The predicted octanol–water partition coefficient (Wildman–Crippen LogP) is 2.03. The first kappa shape index (κ1) is 18.5. The van der Waals surface area contributed by atoms with E-state index < -0.39 is 0 Å². The topological polar surface area (TPSA) is 107 Å². The van der Waals surface area contributed by atoms with Crippen molar-refractivity contribution in [2.75, 3.05) is 25.4 Å². The molecule has 9 heteroatoms. The Morgan fingerprint density at radius 3 is 2.89 bits per heavy atom. The number of ether oxygens (including phenoxy) is 1. The van der Waals surface area contributed by atoms with Gasteiger partial charge in [-0.25, -0.2) is 19.9 Å². The van der Waals surface area contributed by atoms with E-state index in [1.807, 2.05) is 35.4 Å². The number of rotatable bonds is 4. The SMILES string of the molecule is Cc1nc(CC(=O)N2CCO[C@@H](c3cccc(-c4cnc(N)nc4)n3)C2)cs1. The maximum atomic E-state index is 12.7. The number of hydrogen-bond acceptors (Lipinski definition) is 8. The van der Waals surface area contributed by atoms with Gasteiger partial charge in [-0.1, -0.05) is 6.07 Å². The Morgan fingerprint density at radius 2 is 2.14 bits per heavy atom. The van der Waals surface area contributed by atoms with Crippen LogP contribution in [-0.4, -0.2) is 50.4 Å². The molecule has 1 fully saturated rings. The molecular weight excluding hydrogens is 376 g/mol. The molecule has 3 aromatic rings. The summed E-state index contributed by atoms with van der Waals surface area (Å²) in [5.41, 5.74) is 8.66. The summed E-state index contributed by atoms with van der Waals surface area (Å²) in [6.45, 7) is 3.46. The number of morpholine rings is 1. The van der Waals surface area contributed by atoms with Gasteiger partial charge in [0.1, 0.15) is 6.10 Å². The highest BCUT2D eigenvalue weighted by atomic mass is 32.1. The van der Waals surface area contributed by atoms with Crippen LogP contribution in [0, 0.1) is 6.92 Å². The zero-order chi connectivity index (χ0) is 19.5. The van der Waals surface area contributed by atoms with Crippen molar-refractivity contribution in [1.29, 1.82) is 0 Å². The van der Waals surface area contributed by atoms with Crippen molar-refractivity contribution in [3.05, 3.63) is 52.4 Å². The van der Waals surface area contributed by atoms with Gasteiger partial charge in [0.15, 0.2) is 0 Å². The number of amides is 1. The molecule has 0 unspecified atom stereocenters. The van der Waals surface area contributed by atoms with Crippen LogP contribution in [0.15, 0.2) is 36.0 Å². The molecule has 1 amide bonds. The standard InChI is InChI=1S/C19H20N6O2S/c1-12-23-14(11-28-12)7-18(26)25-5-6-27-17(10-25)16-4-2-3-15(24-16)13-8-21-19(20)22-9-13/h2-4,8-9,11,17H,5-7,10H2,1H3,(H2,20,21,22)/t17-/m1/s1. The lowest BCUT2D eigenvalue weighted by molar-refractivity contribution is -0.138. The second-order valence-corrected chi connectivity index (χ2v) is 7.57. The van der Waals surface area contributed by atoms with E-state index in [4.69, 9.17) is 10.5 Å². The Morgan fingerprint density at radius 1 is 1.32 bits per heavy atom. The summed E-state index contributed by atoms with van der Waals surface area (Å²) in [5, 5.41) is 2.90. The van der Waals surface area contributed by atoms with E-state index in [-0.39, 0.29) is 18.0 Å². The molecule has 0 bridgehead atoms. The fourth-order valence-corrected chi connectivity index (χ4v) is 3.69. The van der Waals surface area contributed by atoms with Crippen LogP contribution in [0.2, 0.25) is 0 Å². The van der Waals surface area contributed by atoms with E-state index >= 15 is 0 Å². The van der Waals surface area contributed by atoms with Crippen LogP contribution < -0.4 is 5.73 Å². The van der Waals surface area contributed by atoms with Gasteiger partial charge in [0, 0.05) is 29.9 Å². The number of thiazole rings is 1. The molecule has 2 N–H and O–H groups in total. The van der Waals surface area contributed by atoms with Crippen molar-refractivity contribution in [3.63, 3.8) is 0 Å². The largest absolute Gasteiger partial charge is 0.368 e. The molecule has 1 saturated heterocycles. The van der Waals surface area contributed by atoms with E-state index in [0.29, 0.717) is 26.1 Å². The number of nitrogens with zero attached hydrogens (tertiary/aromatic N) is 5. The van der Waals surface area contributed by atoms with Crippen molar-refractivity contribution < 1.29 is 9.53 Å². The molecule has 1 aliphatic rings. The van der Waals surface area contributed by atoms with Crippen LogP contribution in [0.5, 0.6) is 0 Å². The van der Waals surface area contributed by atoms with Gasteiger partial charge in [0.05, 0.1) is 41.7 Å². The number of carbonyl (C=O) groups is 1. The first-order valence-electron chi connectivity index (χ1n) is 8.94. The Hall–Kier alpha value is -2.91. The van der Waals surface area contributed by atoms with Crippen molar-refractivity contribution in [2.45, 2.75) is 19.4 Å². The minimum Gasteiger partial charge on any atom is -0.368 e. The van der Waals surface area contributed by atoms with E-state index in [1.54, 1.807) is 23.7 Å². The molecule has 1 atom stereocenters. The normalized spacial score (nSPS) is 16.9. The molecule has 4 rings (SSSR count). The summed E-state index contributed by atoms with van der Waals surface area (Å²) in [4.78, 5) is 31.6. The first-order valence-corrected chi connectivity index (χ1v) is 9.81. The minimum atomic E-state index is -0.274. The molecular formula is C19H20N6O2S. The molecule has 0 aliphatic carbocycles. The number of pyridine rings is 1. The highest BCUT2D eigenvalue weighted by Crippen LogP contribution is 2.24. The van der Waals surface area contributed by atoms with Gasteiger partial charge < -0.3 is 15.4 Å². The highest BCUT2D eigenvalue weighted by Gasteiger charge is 2.27. The second kappa shape index (κ2) is 7.99. The average molecular weight is 396 g/mol. The highest BCUT2D eigenvalue weighted by molar-refractivity contribution is 7.09. The monoisotopic (exact) mass is 396 g/mol. The van der Waals surface area contributed by atoms with Crippen LogP contribution in [0.4, 0.5) is 5.95 Å². The van der Waals surface area contributed by atoms with Gasteiger partial charge >= 0.3 is 0 Å². The molecule has 3 aromatic heterocycles. The molecule has 144 valence electrons. The maximum absolute atomic E-state index is 12.7. The van der Waals surface area contributed by atoms with Gasteiger partial charge in [-0.2, -0.15) is 0 Å². The summed E-state index contributed by atoms with van der Waals surface area (Å²) in [6.07, 6.45) is 3.32. The smallest absolute Gasteiger partial charge is 0.228 e. The quantitative estimate of drug-likeness (QED) is 0.719. The van der Waals surface area contributed by atoms with Crippen LogP contribution in [0.25, 0.3) is 11.3 Å². The number of hydrogen-bond donors (Lipinski definition) is 1. The summed E-state index contributed by atoms with van der Waals surface area (Å²) in [5.74, 6) is 0.279. The zero-order valence-corrected chi connectivity index (χ0v) is 16.2. The fourth-order valence-electron chi connectivity index (χ4n) is 3.07. The van der Waals surface area contributed by atoms with E-state index in [9.17, 15) is 4.79 Å². The lowest BCUT2D eigenvalue weighted by Gasteiger charge is -2.32. The van der Waals surface area contributed by atoms with Crippen molar-refractivity contribution in [3.8, 4) is 11.3 Å². The summed E-state index contributed by atoms with van der Waals surface area (Å²) < 4.78 is 5.89. The third kappa shape index (κ3) is 4.15. The third-order valence-corrected chi connectivity index (χ3v) is 5.31. The number of aromatic nitrogens is 4. The van der Waals surface area contributed by atoms with Gasteiger partial charge in [-0.05, 0) is 19.1 Å². The Bertz CT molecular complexity index is 975. The molecule has 1 aliphatic heterocycles. The number of anilines is 1. The van der Waals surface area contributed by atoms with Crippen molar-refractivity contribution in [2.24, 2.45) is 0 Å². The second-order valence-electron chi connectivity index (χ2n) is 6.51. The molecule has 0 radical (unpaired) electrons. The summed E-state index contributed by atoms with van der Waals surface area (Å²) >= 11 is 1.56. The van der Waals surface area contributed by atoms with Crippen molar-refractivity contribution in [1.82, 2.24) is 24.8 Å². The van der Waals surface area contributed by atoms with Crippen molar-refractivity contribution >= 4 is 23.2 Å². The predicted molar refractivity (Wildman–Crippen MR) is 106 cm³/mol. The fraction of sp³-hybridized carbons (Fsp3) is 0.316. The average Bonchev–Trinajstić information content (AvgIpc) is 3.13. The molecule has 4 heterocycles. The van der Waals surface area contributed by atoms with Crippen LogP contribution in [0.3, 0.4) is 0 Å². The molecule has 0 saturated carbocycles. The Labute approximate surface area is 166 Å². The number of nitrogen functional groups attached to an aromatic ring is 1. The van der Waals surface area contributed by atoms with Crippen LogP contribution in [0.1, 0.15) is 22.5 Å². The third-order valence-electron chi connectivity index (χ3n) is 4.49. The van der Waals surface area contributed by atoms with Gasteiger partial charge in [-0.3, -0.25) is 4.79 Å². The summed E-state index contributed by atoms with van der Waals surface area (Å²) in [7, 11) is 0. The van der Waals surface area contributed by atoms with Gasteiger partial charge in [0.2, 0.25) is 11.9 Å². The number of carbonyl (C=O) groups excluding carboxylic acids is 1. The Kier molecular flexibility index (Phi) is 5.27. The lowest BCUT2D eigenvalue weighted by atomic mass is 10.1. The van der Waals surface area contributed by atoms with Crippen LogP contribution >= 0.6 is 11.3 Å². The van der Waals surface area contributed by atoms with E-state index in [2.05, 4.69) is 19.9 Å². The van der Waals surface area contributed by atoms with Crippen LogP contribution in [-0.2, 0) is 16.0 Å². The van der Waals surface area contributed by atoms with Gasteiger partial charge in [-0.15, -0.1) is 11.3 Å². The van der Waals surface area contributed by atoms with Gasteiger partial charge in [0.25, 0.3) is 0 Å². The molecule has 0 spiro atoms. The summed E-state index contributed by atoms with van der Waals surface area (Å²) in [6, 6.07) is 5.70. The maximum Gasteiger partial charge on any atom is 0.228 e. The Balaban J connectivity index is 1.47. The first-order chi connectivity index (χ1) is 13.6. The lowest BCUT2D eigenvalue weighted by Crippen LogP contribution is -2.43.